The van der Waals surface area contributed by atoms with Gasteiger partial charge in [0.1, 0.15) is 0 Å². The van der Waals surface area contributed by atoms with Crippen molar-refractivity contribution in [3.63, 3.8) is 0 Å². The Morgan fingerprint density at radius 1 is 1.36 bits per heavy atom. The summed E-state index contributed by atoms with van der Waals surface area (Å²) in [5, 5.41) is 0. The standard InChI is InChI=1S/C12H19NS/c1-3-5-6-7-8-9-12-10-11(4-2)13-14-12/h4,10H,2-3,5-9H2,1H3. The second-order valence-corrected chi connectivity index (χ2v) is 4.48. The molecule has 14 heavy (non-hydrogen) atoms. The minimum Gasteiger partial charge on any atom is -0.193 e. The van der Waals surface area contributed by atoms with Crippen LogP contribution in [0.15, 0.2) is 12.6 Å². The van der Waals surface area contributed by atoms with Crippen LogP contribution < -0.4 is 0 Å². The van der Waals surface area contributed by atoms with Gasteiger partial charge in [0, 0.05) is 4.88 Å². The molecule has 1 nitrogen and oxygen atoms in total. The Hall–Kier alpha value is -0.630. The van der Waals surface area contributed by atoms with E-state index in [1.54, 1.807) is 11.5 Å². The Morgan fingerprint density at radius 3 is 2.79 bits per heavy atom. The molecule has 0 aliphatic rings. The van der Waals surface area contributed by atoms with Gasteiger partial charge in [0.05, 0.1) is 5.69 Å². The summed E-state index contributed by atoms with van der Waals surface area (Å²) in [5.41, 5.74) is 1.03. The number of hydrogen-bond donors (Lipinski definition) is 0. The van der Waals surface area contributed by atoms with Crippen LogP contribution in [0.2, 0.25) is 0 Å². The number of unbranched alkanes of at least 4 members (excludes halogenated alkanes) is 4. The van der Waals surface area contributed by atoms with Crippen LogP contribution in [0.1, 0.15) is 49.6 Å². The van der Waals surface area contributed by atoms with Crippen molar-refractivity contribution in [2.24, 2.45) is 0 Å². The predicted molar refractivity (Wildman–Crippen MR) is 64.7 cm³/mol. The van der Waals surface area contributed by atoms with Gasteiger partial charge >= 0.3 is 0 Å². The summed E-state index contributed by atoms with van der Waals surface area (Å²) in [6, 6.07) is 2.15. The maximum atomic E-state index is 4.27. The van der Waals surface area contributed by atoms with Crippen LogP contribution in [0.5, 0.6) is 0 Å². The molecule has 0 radical (unpaired) electrons. The monoisotopic (exact) mass is 209 g/mol. The van der Waals surface area contributed by atoms with E-state index in [4.69, 9.17) is 0 Å². The summed E-state index contributed by atoms with van der Waals surface area (Å²) in [7, 11) is 0. The molecule has 0 unspecified atom stereocenters. The normalized spacial score (nSPS) is 10.4. The summed E-state index contributed by atoms with van der Waals surface area (Å²) in [6.07, 6.45) is 9.74. The van der Waals surface area contributed by atoms with Crippen molar-refractivity contribution in [3.8, 4) is 0 Å². The van der Waals surface area contributed by atoms with E-state index >= 15 is 0 Å². The molecule has 0 spiro atoms. The maximum absolute atomic E-state index is 4.27. The van der Waals surface area contributed by atoms with Crippen LogP contribution >= 0.6 is 11.5 Å². The van der Waals surface area contributed by atoms with Crippen molar-refractivity contribution in [3.05, 3.63) is 23.2 Å². The summed E-state index contributed by atoms with van der Waals surface area (Å²) in [5.74, 6) is 0. The van der Waals surface area contributed by atoms with Gasteiger partial charge < -0.3 is 0 Å². The smallest absolute Gasteiger partial charge is 0.0765 e. The van der Waals surface area contributed by atoms with Gasteiger partial charge in [-0.2, -0.15) is 4.37 Å². The van der Waals surface area contributed by atoms with Crippen molar-refractivity contribution < 1.29 is 0 Å². The Balaban J connectivity index is 2.14. The lowest BCUT2D eigenvalue weighted by atomic mass is 10.1. The molecule has 1 rings (SSSR count). The van der Waals surface area contributed by atoms with E-state index in [1.807, 2.05) is 6.08 Å². The second kappa shape index (κ2) is 6.77. The first-order chi connectivity index (χ1) is 6.86. The SMILES string of the molecule is C=Cc1cc(CCCCCCC)sn1. The maximum Gasteiger partial charge on any atom is 0.0765 e. The Labute approximate surface area is 91.0 Å². The fourth-order valence-electron chi connectivity index (χ4n) is 1.45. The predicted octanol–water partition coefficient (Wildman–Crippen LogP) is 4.30. The molecule has 0 aliphatic carbocycles. The van der Waals surface area contributed by atoms with Gasteiger partial charge in [-0.25, -0.2) is 0 Å². The third-order valence-electron chi connectivity index (χ3n) is 2.31. The van der Waals surface area contributed by atoms with E-state index in [0.717, 1.165) is 5.69 Å². The van der Waals surface area contributed by atoms with Crippen molar-refractivity contribution in [2.75, 3.05) is 0 Å². The highest BCUT2D eigenvalue weighted by atomic mass is 32.1. The first-order valence-corrected chi connectivity index (χ1v) is 6.22. The van der Waals surface area contributed by atoms with Crippen LogP contribution in [0.3, 0.4) is 0 Å². The third kappa shape index (κ3) is 4.05. The average molecular weight is 209 g/mol. The molecule has 78 valence electrons. The van der Waals surface area contributed by atoms with Gasteiger partial charge in [-0.3, -0.25) is 0 Å². The number of nitrogens with zero attached hydrogens (tertiary/aromatic N) is 1. The Bertz CT molecular complexity index is 265. The van der Waals surface area contributed by atoms with Gasteiger partial charge in [0.2, 0.25) is 0 Å². The quantitative estimate of drug-likeness (QED) is 0.610. The van der Waals surface area contributed by atoms with Gasteiger partial charge in [-0.1, -0.05) is 39.2 Å². The molecule has 0 atom stereocenters. The van der Waals surface area contributed by atoms with Crippen molar-refractivity contribution in [2.45, 2.75) is 45.4 Å². The van der Waals surface area contributed by atoms with Crippen molar-refractivity contribution in [1.29, 1.82) is 0 Å². The van der Waals surface area contributed by atoms with Gasteiger partial charge in [-0.15, -0.1) is 0 Å². The van der Waals surface area contributed by atoms with Gasteiger partial charge in [-0.05, 0) is 36.5 Å². The summed E-state index contributed by atoms with van der Waals surface area (Å²) in [6.45, 7) is 5.96. The fourth-order valence-corrected chi connectivity index (χ4v) is 2.20. The van der Waals surface area contributed by atoms with Crippen LogP contribution in [0.4, 0.5) is 0 Å². The highest BCUT2D eigenvalue weighted by Gasteiger charge is 1.98. The number of rotatable bonds is 7. The largest absolute Gasteiger partial charge is 0.193 e. The zero-order valence-corrected chi connectivity index (χ0v) is 9.78. The topological polar surface area (TPSA) is 12.9 Å². The molecule has 1 aromatic rings. The van der Waals surface area contributed by atoms with Crippen LogP contribution in [-0.2, 0) is 6.42 Å². The zero-order valence-electron chi connectivity index (χ0n) is 8.96. The minimum atomic E-state index is 1.03. The number of aryl methyl sites for hydroxylation is 1. The molecule has 2 heteroatoms. The van der Waals surface area contributed by atoms with E-state index in [-0.39, 0.29) is 0 Å². The molecule has 0 aromatic carbocycles. The van der Waals surface area contributed by atoms with E-state index < -0.39 is 0 Å². The second-order valence-electron chi connectivity index (χ2n) is 3.59. The lowest BCUT2D eigenvalue weighted by molar-refractivity contribution is 0.634. The first kappa shape index (κ1) is 11.4. The summed E-state index contributed by atoms with van der Waals surface area (Å²) >= 11 is 1.62. The van der Waals surface area contributed by atoms with E-state index in [0.29, 0.717) is 0 Å². The molecule has 0 saturated heterocycles. The Kier molecular flexibility index (Phi) is 5.53. The van der Waals surface area contributed by atoms with Crippen LogP contribution in [0.25, 0.3) is 6.08 Å². The molecule has 0 amide bonds. The molecule has 1 aromatic heterocycles. The number of hydrogen-bond acceptors (Lipinski definition) is 2. The van der Waals surface area contributed by atoms with E-state index in [9.17, 15) is 0 Å². The molecule has 0 saturated carbocycles. The van der Waals surface area contributed by atoms with Crippen molar-refractivity contribution >= 4 is 17.6 Å². The molecule has 0 N–H and O–H groups in total. The highest BCUT2D eigenvalue weighted by molar-refractivity contribution is 7.05. The van der Waals surface area contributed by atoms with Crippen molar-refractivity contribution in [1.82, 2.24) is 4.37 Å². The average Bonchev–Trinajstić information content (AvgIpc) is 2.65. The molecule has 0 fully saturated rings. The van der Waals surface area contributed by atoms with Crippen LogP contribution in [0, 0.1) is 0 Å². The van der Waals surface area contributed by atoms with Gasteiger partial charge in [0.25, 0.3) is 0 Å². The fraction of sp³-hybridized carbons (Fsp3) is 0.583. The zero-order chi connectivity index (χ0) is 10.2. The first-order valence-electron chi connectivity index (χ1n) is 5.45. The molecule has 1 heterocycles. The molecule has 0 aliphatic heterocycles. The molecular formula is C12H19NS. The van der Waals surface area contributed by atoms with Gasteiger partial charge in [0.15, 0.2) is 0 Å². The lowest BCUT2D eigenvalue weighted by Crippen LogP contribution is -1.81. The minimum absolute atomic E-state index is 1.03. The summed E-state index contributed by atoms with van der Waals surface area (Å²) in [4.78, 5) is 1.40. The third-order valence-corrected chi connectivity index (χ3v) is 3.17. The highest BCUT2D eigenvalue weighted by Crippen LogP contribution is 2.15. The Morgan fingerprint density at radius 2 is 2.14 bits per heavy atom. The molecular weight excluding hydrogens is 190 g/mol. The number of aromatic nitrogens is 1. The van der Waals surface area contributed by atoms with E-state index in [2.05, 4.69) is 23.9 Å². The van der Waals surface area contributed by atoms with E-state index in [1.165, 1.54) is 43.4 Å². The molecule has 0 bridgehead atoms. The van der Waals surface area contributed by atoms with Crippen LogP contribution in [-0.4, -0.2) is 4.37 Å². The summed E-state index contributed by atoms with van der Waals surface area (Å²) < 4.78 is 4.27. The lowest BCUT2D eigenvalue weighted by Gasteiger charge is -1.97.